The third-order valence-electron chi connectivity index (χ3n) is 2.37. The van der Waals surface area contributed by atoms with E-state index in [0.29, 0.717) is 0 Å². The molecule has 4 nitrogen and oxygen atoms in total. The average molecular weight is 255 g/mol. The van der Waals surface area contributed by atoms with E-state index in [2.05, 4.69) is 4.98 Å². The van der Waals surface area contributed by atoms with E-state index >= 15 is 0 Å². The zero-order chi connectivity index (χ0) is 12.6. The summed E-state index contributed by atoms with van der Waals surface area (Å²) in [6.45, 7) is 0. The van der Waals surface area contributed by atoms with Crippen LogP contribution in [0.3, 0.4) is 0 Å². The maximum absolute atomic E-state index is 13.6. The number of carboxylic acids is 1. The molecule has 0 saturated carbocycles. The normalized spacial score (nSPS) is 10.5. The Kier molecular flexibility index (Phi) is 2.85. The predicted molar refractivity (Wildman–Crippen MR) is 60.6 cm³/mol. The predicted octanol–water partition coefficient (Wildman–Crippen LogP) is 2.58. The van der Waals surface area contributed by atoms with Gasteiger partial charge in [-0.2, -0.15) is 0 Å². The van der Waals surface area contributed by atoms with Gasteiger partial charge in [0.05, 0.1) is 5.56 Å². The van der Waals surface area contributed by atoms with Gasteiger partial charge in [0.2, 0.25) is 0 Å². The van der Waals surface area contributed by atoms with Crippen molar-refractivity contribution in [2.24, 2.45) is 7.05 Å². The van der Waals surface area contributed by atoms with Crippen molar-refractivity contribution in [1.29, 1.82) is 0 Å². The zero-order valence-electron chi connectivity index (χ0n) is 8.82. The maximum atomic E-state index is 13.6. The minimum Gasteiger partial charge on any atom is -0.476 e. The van der Waals surface area contributed by atoms with Crippen LogP contribution in [0.4, 0.5) is 4.39 Å². The number of carboxylic acid groups (broad SMARTS) is 1. The van der Waals surface area contributed by atoms with Crippen molar-refractivity contribution in [2.45, 2.75) is 0 Å². The number of halogens is 2. The van der Waals surface area contributed by atoms with E-state index < -0.39 is 11.8 Å². The quantitative estimate of drug-likeness (QED) is 0.896. The molecule has 88 valence electrons. The summed E-state index contributed by atoms with van der Waals surface area (Å²) in [5, 5.41) is 8.78. The molecule has 6 heteroatoms. The Morgan fingerprint density at radius 3 is 2.65 bits per heavy atom. The highest BCUT2D eigenvalue weighted by Crippen LogP contribution is 2.26. The Morgan fingerprint density at radius 1 is 1.47 bits per heavy atom. The van der Waals surface area contributed by atoms with Crippen molar-refractivity contribution in [1.82, 2.24) is 9.55 Å². The molecule has 0 radical (unpaired) electrons. The van der Waals surface area contributed by atoms with Gasteiger partial charge in [-0.1, -0.05) is 23.7 Å². The molecule has 17 heavy (non-hydrogen) atoms. The summed E-state index contributed by atoms with van der Waals surface area (Å²) < 4.78 is 14.8. The molecule has 0 aliphatic carbocycles. The third-order valence-corrected chi connectivity index (χ3v) is 2.63. The Hall–Kier alpha value is -1.88. The van der Waals surface area contributed by atoms with Crippen LogP contribution < -0.4 is 0 Å². The van der Waals surface area contributed by atoms with Crippen LogP contribution in [0.5, 0.6) is 0 Å². The Morgan fingerprint density at radius 2 is 2.12 bits per heavy atom. The van der Waals surface area contributed by atoms with Crippen molar-refractivity contribution in [2.75, 3.05) is 0 Å². The van der Waals surface area contributed by atoms with E-state index in [1.807, 2.05) is 0 Å². The molecule has 0 bridgehead atoms. The molecule has 2 rings (SSSR count). The first-order chi connectivity index (χ1) is 8.02. The maximum Gasteiger partial charge on any atom is 0.355 e. The molecule has 1 aromatic heterocycles. The number of imidazole rings is 1. The fourth-order valence-corrected chi connectivity index (χ4v) is 1.87. The highest BCUT2D eigenvalue weighted by atomic mass is 35.5. The van der Waals surface area contributed by atoms with E-state index in [1.54, 1.807) is 12.1 Å². The van der Waals surface area contributed by atoms with E-state index in [-0.39, 0.29) is 22.2 Å². The number of hydrogen-bond acceptors (Lipinski definition) is 2. The molecule has 0 aliphatic rings. The fraction of sp³-hybridized carbons (Fsp3) is 0.0909. The number of carbonyl (C=O) groups is 1. The molecular weight excluding hydrogens is 247 g/mol. The fourth-order valence-electron chi connectivity index (χ4n) is 1.58. The second-order valence-corrected chi connectivity index (χ2v) is 3.78. The van der Waals surface area contributed by atoms with Crippen molar-refractivity contribution in [3.8, 4) is 11.4 Å². The van der Waals surface area contributed by atoms with Gasteiger partial charge in [0, 0.05) is 7.05 Å². The van der Waals surface area contributed by atoms with E-state index in [1.165, 1.54) is 23.7 Å². The molecule has 0 unspecified atom stereocenters. The van der Waals surface area contributed by atoms with Crippen LogP contribution in [0, 0.1) is 5.82 Å². The molecule has 0 amide bonds. The minimum atomic E-state index is -1.20. The van der Waals surface area contributed by atoms with Crippen molar-refractivity contribution in [3.63, 3.8) is 0 Å². The lowest BCUT2D eigenvalue weighted by Crippen LogP contribution is -2.06. The van der Waals surface area contributed by atoms with E-state index in [0.717, 1.165) is 0 Å². The van der Waals surface area contributed by atoms with Crippen LogP contribution in [0.25, 0.3) is 11.4 Å². The summed E-state index contributed by atoms with van der Waals surface area (Å²) in [6, 6.07) is 5.97. The van der Waals surface area contributed by atoms with Gasteiger partial charge in [0.1, 0.15) is 11.6 Å². The number of rotatable bonds is 2. The third kappa shape index (κ3) is 1.89. The minimum absolute atomic E-state index is 0.154. The molecule has 1 aromatic carbocycles. The smallest absolute Gasteiger partial charge is 0.355 e. The van der Waals surface area contributed by atoms with Gasteiger partial charge < -0.3 is 9.67 Å². The standard InChI is InChI=1S/C11H8ClFN2O2/c1-15-8(11(16)17)9(12)14-10(15)6-4-2-3-5-7(6)13/h2-5H,1H3,(H,16,17). The van der Waals surface area contributed by atoms with E-state index in [9.17, 15) is 9.18 Å². The SMILES string of the molecule is Cn1c(-c2ccccc2F)nc(Cl)c1C(=O)O. The summed E-state index contributed by atoms with van der Waals surface area (Å²) in [5.41, 5.74) is 0.0503. The first kappa shape index (κ1) is 11.6. The highest BCUT2D eigenvalue weighted by Gasteiger charge is 2.21. The van der Waals surface area contributed by atoms with Crippen molar-refractivity contribution < 1.29 is 14.3 Å². The lowest BCUT2D eigenvalue weighted by molar-refractivity contribution is 0.0687. The second-order valence-electron chi connectivity index (χ2n) is 3.42. The molecule has 1 heterocycles. The lowest BCUT2D eigenvalue weighted by Gasteiger charge is -2.03. The van der Waals surface area contributed by atoms with Crippen molar-refractivity contribution in [3.05, 3.63) is 40.9 Å². The van der Waals surface area contributed by atoms with Gasteiger partial charge >= 0.3 is 5.97 Å². The van der Waals surface area contributed by atoms with E-state index in [4.69, 9.17) is 16.7 Å². The number of aromatic nitrogens is 2. The first-order valence-electron chi connectivity index (χ1n) is 4.72. The largest absolute Gasteiger partial charge is 0.476 e. The molecule has 0 fully saturated rings. The Bertz CT molecular complexity index is 595. The first-order valence-corrected chi connectivity index (χ1v) is 5.10. The number of nitrogens with zero attached hydrogens (tertiary/aromatic N) is 2. The monoisotopic (exact) mass is 254 g/mol. The van der Waals surface area contributed by atoms with Gasteiger partial charge in [0.25, 0.3) is 0 Å². The summed E-state index contributed by atoms with van der Waals surface area (Å²) in [5.74, 6) is -1.49. The van der Waals surface area contributed by atoms with Crippen LogP contribution in [0.15, 0.2) is 24.3 Å². The molecule has 2 aromatic rings. The second kappa shape index (κ2) is 4.18. The van der Waals surface area contributed by atoms with Gasteiger partial charge in [-0.15, -0.1) is 0 Å². The number of hydrogen-bond donors (Lipinski definition) is 1. The van der Waals surface area contributed by atoms with Crippen LogP contribution >= 0.6 is 11.6 Å². The average Bonchev–Trinajstić information content (AvgIpc) is 2.55. The number of benzene rings is 1. The summed E-state index contributed by atoms with van der Waals surface area (Å²) in [6.07, 6.45) is 0. The molecule has 0 atom stereocenters. The van der Waals surface area contributed by atoms with Gasteiger partial charge in [-0.05, 0) is 12.1 Å². The number of aromatic carboxylic acids is 1. The molecule has 1 N–H and O–H groups in total. The summed E-state index contributed by atoms with van der Waals surface area (Å²) in [7, 11) is 1.48. The van der Waals surface area contributed by atoms with Gasteiger partial charge in [-0.3, -0.25) is 0 Å². The van der Waals surface area contributed by atoms with Crippen LogP contribution in [-0.4, -0.2) is 20.6 Å². The topological polar surface area (TPSA) is 55.1 Å². The van der Waals surface area contributed by atoms with Crippen LogP contribution in [0.1, 0.15) is 10.5 Å². The highest BCUT2D eigenvalue weighted by molar-refractivity contribution is 6.32. The Labute approximate surface area is 101 Å². The van der Waals surface area contributed by atoms with Crippen LogP contribution in [0.2, 0.25) is 5.15 Å². The molecule has 0 saturated heterocycles. The molecule has 0 aliphatic heterocycles. The van der Waals surface area contributed by atoms with Gasteiger partial charge in [0.15, 0.2) is 10.8 Å². The van der Waals surface area contributed by atoms with Crippen LogP contribution in [-0.2, 0) is 7.05 Å². The molecule has 0 spiro atoms. The Balaban J connectivity index is 2.66. The summed E-state index contributed by atoms with van der Waals surface area (Å²) in [4.78, 5) is 14.8. The van der Waals surface area contributed by atoms with Crippen molar-refractivity contribution >= 4 is 17.6 Å². The zero-order valence-corrected chi connectivity index (χ0v) is 9.57. The van der Waals surface area contributed by atoms with Gasteiger partial charge in [-0.25, -0.2) is 14.2 Å². The summed E-state index contributed by atoms with van der Waals surface area (Å²) >= 11 is 5.71. The molecular formula is C11H8ClFN2O2. The lowest BCUT2D eigenvalue weighted by atomic mass is 10.2.